The number of likely N-dealkylation sites (tertiary alicyclic amines) is 1. The Kier molecular flexibility index (Phi) is 4.34. The van der Waals surface area contributed by atoms with E-state index in [2.05, 4.69) is 0 Å². The Balaban J connectivity index is 1.99. The van der Waals surface area contributed by atoms with Crippen molar-refractivity contribution in [3.63, 3.8) is 0 Å². The van der Waals surface area contributed by atoms with E-state index in [9.17, 15) is 9.59 Å². The Hall–Kier alpha value is -2.10. The molecule has 1 saturated heterocycles. The lowest BCUT2D eigenvalue weighted by Crippen LogP contribution is -2.32. The maximum Gasteiger partial charge on any atom is 0.327 e. The molecule has 1 aromatic carbocycles. The Morgan fingerprint density at radius 3 is 2.79 bits per heavy atom. The van der Waals surface area contributed by atoms with Gasteiger partial charge in [-0.1, -0.05) is 36.4 Å². The molecule has 0 aliphatic carbocycles. The molecule has 1 atom stereocenters. The number of hydrogen-bond donors (Lipinski definition) is 1. The van der Waals surface area contributed by atoms with Gasteiger partial charge in [-0.25, -0.2) is 4.79 Å². The van der Waals surface area contributed by atoms with Gasteiger partial charge in [-0.05, 0) is 18.4 Å². The smallest absolute Gasteiger partial charge is 0.327 e. The molecule has 1 amide bonds. The van der Waals surface area contributed by atoms with Crippen molar-refractivity contribution in [1.29, 1.82) is 0 Å². The van der Waals surface area contributed by atoms with Gasteiger partial charge in [-0.15, -0.1) is 0 Å². The molecule has 2 rings (SSSR count). The zero-order chi connectivity index (χ0) is 13.7. The van der Waals surface area contributed by atoms with Crippen LogP contribution < -0.4 is 0 Å². The third-order valence-corrected chi connectivity index (χ3v) is 3.32. The van der Waals surface area contributed by atoms with Crippen molar-refractivity contribution in [2.24, 2.45) is 0 Å². The molecule has 19 heavy (non-hydrogen) atoms. The summed E-state index contributed by atoms with van der Waals surface area (Å²) < 4.78 is 0. The molecular formula is C15H17NO3. The minimum Gasteiger partial charge on any atom is -0.478 e. The molecule has 1 N–H and O–H groups in total. The minimum absolute atomic E-state index is 0.114. The molecular weight excluding hydrogens is 242 g/mol. The van der Waals surface area contributed by atoms with Crippen molar-refractivity contribution in [3.05, 3.63) is 48.0 Å². The summed E-state index contributed by atoms with van der Waals surface area (Å²) in [6.45, 7) is 0.602. The first-order chi connectivity index (χ1) is 9.16. The van der Waals surface area contributed by atoms with Crippen LogP contribution in [0.5, 0.6) is 0 Å². The van der Waals surface area contributed by atoms with Crippen LogP contribution in [0, 0.1) is 0 Å². The van der Waals surface area contributed by atoms with Crippen LogP contribution in [-0.4, -0.2) is 27.9 Å². The standard InChI is InChI=1S/C15H17NO3/c17-14-10-9-13(7-4-8-15(18)19)16(14)11-12-5-2-1-3-6-12/h1-6,8,13H,7,9-11H2,(H,18,19)/t13-/m0/s1. The summed E-state index contributed by atoms with van der Waals surface area (Å²) in [5, 5.41) is 8.57. The first kappa shape index (κ1) is 13.3. The van der Waals surface area contributed by atoms with E-state index in [0.717, 1.165) is 18.1 Å². The third kappa shape index (κ3) is 3.68. The normalized spacial score (nSPS) is 19.3. The number of carbonyl (C=O) groups excluding carboxylic acids is 1. The van der Waals surface area contributed by atoms with Crippen molar-refractivity contribution in [2.45, 2.75) is 31.8 Å². The van der Waals surface area contributed by atoms with Gasteiger partial charge in [-0.3, -0.25) is 4.79 Å². The van der Waals surface area contributed by atoms with E-state index in [1.165, 1.54) is 0 Å². The summed E-state index contributed by atoms with van der Waals surface area (Å²) in [5.41, 5.74) is 1.10. The number of carbonyl (C=O) groups is 2. The van der Waals surface area contributed by atoms with Crippen LogP contribution in [0.4, 0.5) is 0 Å². The fourth-order valence-electron chi connectivity index (χ4n) is 2.36. The fraction of sp³-hybridized carbons (Fsp3) is 0.333. The van der Waals surface area contributed by atoms with Crippen molar-refractivity contribution in [2.75, 3.05) is 0 Å². The van der Waals surface area contributed by atoms with Crippen LogP contribution >= 0.6 is 0 Å². The number of nitrogens with zero attached hydrogens (tertiary/aromatic N) is 1. The first-order valence-corrected chi connectivity index (χ1v) is 6.39. The second kappa shape index (κ2) is 6.18. The number of carboxylic acids is 1. The Labute approximate surface area is 112 Å². The van der Waals surface area contributed by atoms with E-state index in [-0.39, 0.29) is 11.9 Å². The van der Waals surface area contributed by atoms with E-state index in [0.29, 0.717) is 19.4 Å². The van der Waals surface area contributed by atoms with Crippen LogP contribution in [0.3, 0.4) is 0 Å². The van der Waals surface area contributed by atoms with Crippen LogP contribution in [-0.2, 0) is 16.1 Å². The number of aliphatic carboxylic acids is 1. The molecule has 1 aromatic rings. The molecule has 4 nitrogen and oxygen atoms in total. The average Bonchev–Trinajstić information content (AvgIpc) is 2.72. The van der Waals surface area contributed by atoms with Gasteiger partial charge in [0.25, 0.3) is 0 Å². The SMILES string of the molecule is O=C(O)C=CC[C@H]1CCC(=O)N1Cc1ccccc1. The van der Waals surface area contributed by atoms with E-state index >= 15 is 0 Å². The van der Waals surface area contributed by atoms with E-state index in [1.54, 1.807) is 6.08 Å². The highest BCUT2D eigenvalue weighted by atomic mass is 16.4. The molecule has 0 saturated carbocycles. The van der Waals surface area contributed by atoms with Gasteiger partial charge in [0.2, 0.25) is 5.91 Å². The Morgan fingerprint density at radius 1 is 1.37 bits per heavy atom. The molecule has 0 radical (unpaired) electrons. The highest BCUT2D eigenvalue weighted by Crippen LogP contribution is 2.24. The van der Waals surface area contributed by atoms with Crippen molar-refractivity contribution < 1.29 is 14.7 Å². The molecule has 1 aliphatic rings. The van der Waals surface area contributed by atoms with Gasteiger partial charge in [0, 0.05) is 25.1 Å². The van der Waals surface area contributed by atoms with E-state index in [1.807, 2.05) is 35.2 Å². The molecule has 0 aromatic heterocycles. The largest absolute Gasteiger partial charge is 0.478 e. The first-order valence-electron chi connectivity index (χ1n) is 6.39. The zero-order valence-electron chi connectivity index (χ0n) is 10.7. The zero-order valence-corrected chi connectivity index (χ0v) is 10.7. The van der Waals surface area contributed by atoms with Gasteiger partial charge in [0.1, 0.15) is 0 Å². The molecule has 4 heteroatoms. The van der Waals surface area contributed by atoms with E-state index in [4.69, 9.17) is 5.11 Å². The van der Waals surface area contributed by atoms with Crippen LogP contribution in [0.25, 0.3) is 0 Å². The predicted octanol–water partition coefficient (Wildman–Crippen LogP) is 2.21. The summed E-state index contributed by atoms with van der Waals surface area (Å²) in [5.74, 6) is -0.795. The lowest BCUT2D eigenvalue weighted by molar-refractivity contribution is -0.131. The summed E-state index contributed by atoms with van der Waals surface area (Å²) in [4.78, 5) is 24.2. The van der Waals surface area contributed by atoms with Crippen molar-refractivity contribution in [1.82, 2.24) is 4.90 Å². The molecule has 0 bridgehead atoms. The topological polar surface area (TPSA) is 57.6 Å². The van der Waals surface area contributed by atoms with Crippen LogP contribution in [0.15, 0.2) is 42.5 Å². The quantitative estimate of drug-likeness (QED) is 0.825. The maximum atomic E-state index is 11.9. The molecule has 0 unspecified atom stereocenters. The van der Waals surface area contributed by atoms with Gasteiger partial charge in [-0.2, -0.15) is 0 Å². The van der Waals surface area contributed by atoms with Crippen molar-refractivity contribution in [3.8, 4) is 0 Å². The second-order valence-electron chi connectivity index (χ2n) is 4.68. The Bertz CT molecular complexity index is 481. The van der Waals surface area contributed by atoms with Gasteiger partial charge >= 0.3 is 5.97 Å². The monoisotopic (exact) mass is 259 g/mol. The Morgan fingerprint density at radius 2 is 2.11 bits per heavy atom. The van der Waals surface area contributed by atoms with Crippen LogP contribution in [0.2, 0.25) is 0 Å². The van der Waals surface area contributed by atoms with Crippen LogP contribution in [0.1, 0.15) is 24.8 Å². The fourth-order valence-corrected chi connectivity index (χ4v) is 2.36. The predicted molar refractivity (Wildman–Crippen MR) is 71.4 cm³/mol. The number of carboxylic acid groups (broad SMARTS) is 1. The molecule has 1 fully saturated rings. The lowest BCUT2D eigenvalue weighted by atomic mass is 10.1. The van der Waals surface area contributed by atoms with Gasteiger partial charge in [0.05, 0.1) is 0 Å². The average molecular weight is 259 g/mol. The lowest BCUT2D eigenvalue weighted by Gasteiger charge is -2.24. The summed E-state index contributed by atoms with van der Waals surface area (Å²) in [7, 11) is 0. The van der Waals surface area contributed by atoms with E-state index < -0.39 is 5.97 Å². The second-order valence-corrected chi connectivity index (χ2v) is 4.68. The highest BCUT2D eigenvalue weighted by Gasteiger charge is 2.29. The van der Waals surface area contributed by atoms with Gasteiger partial charge < -0.3 is 10.0 Å². The minimum atomic E-state index is -0.945. The molecule has 1 heterocycles. The number of hydrogen-bond acceptors (Lipinski definition) is 2. The highest BCUT2D eigenvalue weighted by molar-refractivity contribution is 5.80. The maximum absolute atomic E-state index is 11.9. The molecule has 1 aliphatic heterocycles. The summed E-state index contributed by atoms with van der Waals surface area (Å²) in [6.07, 6.45) is 4.73. The molecule has 0 spiro atoms. The van der Waals surface area contributed by atoms with Gasteiger partial charge in [0.15, 0.2) is 0 Å². The van der Waals surface area contributed by atoms with Crippen molar-refractivity contribution >= 4 is 11.9 Å². The summed E-state index contributed by atoms with van der Waals surface area (Å²) >= 11 is 0. The number of rotatable bonds is 5. The number of benzene rings is 1. The third-order valence-electron chi connectivity index (χ3n) is 3.32. The summed E-state index contributed by atoms with van der Waals surface area (Å²) in [6, 6.07) is 9.96. The molecule has 100 valence electrons. The number of amides is 1.